The van der Waals surface area contributed by atoms with E-state index in [-0.39, 0.29) is 5.56 Å². The molecular weight excluding hydrogens is 218 g/mol. The van der Waals surface area contributed by atoms with E-state index in [1.54, 1.807) is 6.92 Å². The van der Waals surface area contributed by atoms with Gasteiger partial charge in [-0.1, -0.05) is 11.3 Å². The normalized spacial score (nSPS) is 10.6. The second kappa shape index (κ2) is 3.58. The lowest BCUT2D eigenvalue weighted by atomic mass is 10.2. The van der Waals surface area contributed by atoms with Crippen LogP contribution in [0, 0.1) is 18.6 Å². The molecule has 0 fully saturated rings. The molecule has 0 aliphatic rings. The Hall–Kier alpha value is -1.49. The number of nitrogens with two attached hydrogens (primary N) is 1. The molecule has 2 nitrogen and oxygen atoms in total. The molecule has 0 spiro atoms. The predicted molar refractivity (Wildman–Crippen MR) is 56.6 cm³/mol. The van der Waals surface area contributed by atoms with Crippen molar-refractivity contribution in [3.8, 4) is 10.6 Å². The Morgan fingerprint density at radius 1 is 1.33 bits per heavy atom. The molecule has 15 heavy (non-hydrogen) atoms. The number of rotatable bonds is 1. The first-order valence-corrected chi connectivity index (χ1v) is 5.08. The Labute approximate surface area is 89.4 Å². The van der Waals surface area contributed by atoms with Crippen LogP contribution in [0.25, 0.3) is 10.6 Å². The van der Waals surface area contributed by atoms with Crippen molar-refractivity contribution in [1.82, 2.24) is 4.98 Å². The molecule has 2 rings (SSSR count). The molecule has 0 aliphatic heterocycles. The SMILES string of the molecule is Cc1nc(-c2ccc(F)cc2F)sc1N. The summed E-state index contributed by atoms with van der Waals surface area (Å²) in [6.07, 6.45) is 0. The number of halogens is 2. The smallest absolute Gasteiger partial charge is 0.136 e. The second-order valence-electron chi connectivity index (χ2n) is 3.09. The number of thiazole rings is 1. The van der Waals surface area contributed by atoms with E-state index >= 15 is 0 Å². The lowest BCUT2D eigenvalue weighted by molar-refractivity contribution is 0.585. The molecule has 1 aromatic heterocycles. The van der Waals surface area contributed by atoms with Gasteiger partial charge in [0, 0.05) is 11.6 Å². The van der Waals surface area contributed by atoms with E-state index in [9.17, 15) is 8.78 Å². The number of benzene rings is 1. The fraction of sp³-hybridized carbons (Fsp3) is 0.100. The van der Waals surface area contributed by atoms with Crippen LogP contribution in [-0.4, -0.2) is 4.98 Å². The van der Waals surface area contributed by atoms with E-state index in [0.29, 0.717) is 15.7 Å². The molecule has 1 heterocycles. The fourth-order valence-electron chi connectivity index (χ4n) is 1.19. The zero-order valence-electron chi connectivity index (χ0n) is 7.92. The van der Waals surface area contributed by atoms with E-state index in [1.807, 2.05) is 0 Å². The average molecular weight is 226 g/mol. The van der Waals surface area contributed by atoms with Gasteiger partial charge in [-0.3, -0.25) is 0 Å². The van der Waals surface area contributed by atoms with Gasteiger partial charge in [0.25, 0.3) is 0 Å². The highest BCUT2D eigenvalue weighted by atomic mass is 32.1. The summed E-state index contributed by atoms with van der Waals surface area (Å²) in [6, 6.07) is 3.40. The molecule has 5 heteroatoms. The van der Waals surface area contributed by atoms with Gasteiger partial charge >= 0.3 is 0 Å². The Bertz CT molecular complexity index is 489. The first kappa shape index (κ1) is 10.0. The van der Waals surface area contributed by atoms with Crippen LogP contribution in [0.3, 0.4) is 0 Å². The van der Waals surface area contributed by atoms with Gasteiger partial charge in [-0.15, -0.1) is 0 Å². The summed E-state index contributed by atoms with van der Waals surface area (Å²) in [5.74, 6) is -1.22. The Kier molecular flexibility index (Phi) is 2.40. The molecule has 0 radical (unpaired) electrons. The van der Waals surface area contributed by atoms with Crippen LogP contribution in [0.4, 0.5) is 13.8 Å². The maximum atomic E-state index is 13.4. The molecule has 0 atom stereocenters. The first-order valence-electron chi connectivity index (χ1n) is 4.26. The van der Waals surface area contributed by atoms with E-state index < -0.39 is 11.6 Å². The molecule has 0 aliphatic carbocycles. The van der Waals surface area contributed by atoms with Gasteiger partial charge in [0.15, 0.2) is 0 Å². The van der Waals surface area contributed by atoms with Crippen LogP contribution in [0.15, 0.2) is 18.2 Å². The van der Waals surface area contributed by atoms with Gasteiger partial charge in [-0.2, -0.15) is 0 Å². The summed E-state index contributed by atoms with van der Waals surface area (Å²) < 4.78 is 26.0. The summed E-state index contributed by atoms with van der Waals surface area (Å²) in [5, 5.41) is 1.02. The predicted octanol–water partition coefficient (Wildman–Crippen LogP) is 2.98. The molecule has 1 aromatic carbocycles. The summed E-state index contributed by atoms with van der Waals surface area (Å²) in [7, 11) is 0. The van der Waals surface area contributed by atoms with Gasteiger partial charge < -0.3 is 5.73 Å². The second-order valence-corrected chi connectivity index (χ2v) is 4.12. The molecule has 0 saturated carbocycles. The lowest BCUT2D eigenvalue weighted by Gasteiger charge is -1.97. The van der Waals surface area contributed by atoms with Crippen LogP contribution < -0.4 is 5.73 Å². The number of hydrogen-bond acceptors (Lipinski definition) is 3. The van der Waals surface area contributed by atoms with Crippen LogP contribution in [-0.2, 0) is 0 Å². The van der Waals surface area contributed by atoms with E-state index in [1.165, 1.54) is 23.5 Å². The topological polar surface area (TPSA) is 38.9 Å². The van der Waals surface area contributed by atoms with Crippen molar-refractivity contribution in [2.75, 3.05) is 5.73 Å². The van der Waals surface area contributed by atoms with Crippen molar-refractivity contribution in [2.24, 2.45) is 0 Å². The highest BCUT2D eigenvalue weighted by Crippen LogP contribution is 2.31. The van der Waals surface area contributed by atoms with Crippen molar-refractivity contribution in [1.29, 1.82) is 0 Å². The van der Waals surface area contributed by atoms with Crippen molar-refractivity contribution < 1.29 is 8.78 Å². The van der Waals surface area contributed by atoms with Gasteiger partial charge in [0.2, 0.25) is 0 Å². The van der Waals surface area contributed by atoms with Crippen LogP contribution in [0.5, 0.6) is 0 Å². The lowest BCUT2D eigenvalue weighted by Crippen LogP contribution is -1.85. The summed E-state index contributed by atoms with van der Waals surface area (Å²) >= 11 is 1.19. The molecular formula is C10H8F2N2S. The molecule has 0 amide bonds. The minimum absolute atomic E-state index is 0.279. The maximum absolute atomic E-state index is 13.4. The summed E-state index contributed by atoms with van der Waals surface area (Å²) in [6.45, 7) is 1.75. The van der Waals surface area contributed by atoms with Crippen molar-refractivity contribution >= 4 is 16.3 Å². The highest BCUT2D eigenvalue weighted by molar-refractivity contribution is 7.18. The molecule has 2 N–H and O–H groups in total. The third-order valence-corrected chi connectivity index (χ3v) is 3.01. The maximum Gasteiger partial charge on any atom is 0.136 e. The summed E-state index contributed by atoms with van der Waals surface area (Å²) in [4.78, 5) is 4.10. The fourth-order valence-corrected chi connectivity index (χ4v) is 2.05. The van der Waals surface area contributed by atoms with E-state index in [0.717, 1.165) is 6.07 Å². The summed E-state index contributed by atoms with van der Waals surface area (Å²) in [5.41, 5.74) is 6.56. The number of nitrogens with zero attached hydrogens (tertiary/aromatic N) is 1. The average Bonchev–Trinajstić information content (AvgIpc) is 2.46. The largest absolute Gasteiger partial charge is 0.389 e. The van der Waals surface area contributed by atoms with E-state index in [4.69, 9.17) is 5.73 Å². The van der Waals surface area contributed by atoms with Gasteiger partial charge in [0.05, 0.1) is 5.69 Å². The molecule has 2 aromatic rings. The minimum Gasteiger partial charge on any atom is -0.389 e. The highest BCUT2D eigenvalue weighted by Gasteiger charge is 2.11. The minimum atomic E-state index is -0.622. The number of nitrogen functional groups attached to an aromatic ring is 1. The zero-order chi connectivity index (χ0) is 11.0. The number of aryl methyl sites for hydroxylation is 1. The van der Waals surface area contributed by atoms with Gasteiger partial charge in [0.1, 0.15) is 21.6 Å². The van der Waals surface area contributed by atoms with Crippen LogP contribution in [0.2, 0.25) is 0 Å². The number of aromatic nitrogens is 1. The van der Waals surface area contributed by atoms with Crippen LogP contribution in [0.1, 0.15) is 5.69 Å². The first-order chi connectivity index (χ1) is 7.08. The molecule has 78 valence electrons. The Morgan fingerprint density at radius 3 is 2.60 bits per heavy atom. The quantitative estimate of drug-likeness (QED) is 0.811. The number of anilines is 1. The van der Waals surface area contributed by atoms with Crippen LogP contribution >= 0.6 is 11.3 Å². The van der Waals surface area contributed by atoms with E-state index in [2.05, 4.69) is 4.98 Å². The molecule has 0 unspecified atom stereocenters. The third-order valence-electron chi connectivity index (χ3n) is 1.99. The molecule has 0 saturated heterocycles. The number of hydrogen-bond donors (Lipinski definition) is 1. The Balaban J connectivity index is 2.54. The monoisotopic (exact) mass is 226 g/mol. The molecule has 0 bridgehead atoms. The van der Waals surface area contributed by atoms with Gasteiger partial charge in [-0.05, 0) is 19.1 Å². The standard InChI is InChI=1S/C10H8F2N2S/c1-5-9(13)15-10(14-5)7-3-2-6(11)4-8(7)12/h2-4H,13H2,1H3. The van der Waals surface area contributed by atoms with Crippen molar-refractivity contribution in [3.63, 3.8) is 0 Å². The third kappa shape index (κ3) is 1.83. The zero-order valence-corrected chi connectivity index (χ0v) is 8.74. The van der Waals surface area contributed by atoms with Crippen molar-refractivity contribution in [3.05, 3.63) is 35.5 Å². The van der Waals surface area contributed by atoms with Crippen molar-refractivity contribution in [2.45, 2.75) is 6.92 Å². The van der Waals surface area contributed by atoms with Gasteiger partial charge in [-0.25, -0.2) is 13.8 Å². The Morgan fingerprint density at radius 2 is 2.07 bits per heavy atom.